The lowest BCUT2D eigenvalue weighted by atomic mass is 9.84. The van der Waals surface area contributed by atoms with Gasteiger partial charge in [0.05, 0.1) is 12.2 Å². The molecule has 1 fully saturated rings. The number of anilines is 1. The van der Waals surface area contributed by atoms with Gasteiger partial charge in [0.15, 0.2) is 17.5 Å². The minimum atomic E-state index is -1.64. The quantitative estimate of drug-likeness (QED) is 0.816. The fourth-order valence-corrected chi connectivity index (χ4v) is 2.44. The van der Waals surface area contributed by atoms with Crippen LogP contribution in [0.25, 0.3) is 0 Å². The fourth-order valence-electron chi connectivity index (χ4n) is 2.44. The van der Waals surface area contributed by atoms with Gasteiger partial charge in [-0.1, -0.05) is 13.3 Å². The Hall–Kier alpha value is -2.05. The highest BCUT2D eigenvalue weighted by molar-refractivity contribution is 5.95. The maximum Gasteiger partial charge on any atom is 0.244 e. The second-order valence-corrected chi connectivity index (χ2v) is 5.66. The van der Waals surface area contributed by atoms with Crippen molar-refractivity contribution in [3.63, 3.8) is 0 Å². The van der Waals surface area contributed by atoms with Crippen LogP contribution in [0, 0.1) is 23.4 Å². The molecule has 0 saturated heterocycles. The Morgan fingerprint density at radius 3 is 2.48 bits per heavy atom. The van der Waals surface area contributed by atoms with Gasteiger partial charge in [0.1, 0.15) is 0 Å². The number of carbonyl (C=O) groups excluding carboxylic acids is 2. The van der Waals surface area contributed by atoms with Crippen molar-refractivity contribution in [2.24, 2.45) is 5.92 Å². The maximum absolute atomic E-state index is 13.5. The predicted molar refractivity (Wildman–Crippen MR) is 79.2 cm³/mol. The van der Waals surface area contributed by atoms with Crippen LogP contribution in [-0.2, 0) is 9.59 Å². The van der Waals surface area contributed by atoms with Crippen molar-refractivity contribution in [3.05, 3.63) is 29.6 Å². The molecule has 0 atom stereocenters. The average Bonchev–Trinajstić information content (AvgIpc) is 2.45. The second-order valence-electron chi connectivity index (χ2n) is 5.66. The van der Waals surface area contributed by atoms with Gasteiger partial charge < -0.3 is 10.2 Å². The molecule has 4 nitrogen and oxygen atoms in total. The number of halogens is 3. The Morgan fingerprint density at radius 1 is 1.22 bits per heavy atom. The van der Waals surface area contributed by atoms with Crippen LogP contribution in [-0.4, -0.2) is 29.8 Å². The fraction of sp³-hybridized carbons (Fsp3) is 0.500. The van der Waals surface area contributed by atoms with E-state index < -0.39 is 29.0 Å². The van der Waals surface area contributed by atoms with E-state index in [0.29, 0.717) is 13.0 Å². The maximum atomic E-state index is 13.5. The van der Waals surface area contributed by atoms with E-state index in [9.17, 15) is 22.8 Å². The molecular weight excluding hydrogens is 309 g/mol. The zero-order valence-corrected chi connectivity index (χ0v) is 12.9. The van der Waals surface area contributed by atoms with E-state index in [1.807, 2.05) is 6.92 Å². The van der Waals surface area contributed by atoms with E-state index in [2.05, 4.69) is 5.32 Å². The number of hydrogen-bond donors (Lipinski definition) is 1. The summed E-state index contributed by atoms with van der Waals surface area (Å²) < 4.78 is 39.6. The van der Waals surface area contributed by atoms with Crippen molar-refractivity contribution < 1.29 is 22.8 Å². The summed E-state index contributed by atoms with van der Waals surface area (Å²) in [5, 5.41) is 2.18. The van der Waals surface area contributed by atoms with Crippen molar-refractivity contribution in [3.8, 4) is 0 Å². The highest BCUT2D eigenvalue weighted by atomic mass is 19.2. The van der Waals surface area contributed by atoms with Crippen LogP contribution in [0.15, 0.2) is 12.1 Å². The first kappa shape index (κ1) is 17.3. The minimum absolute atomic E-state index is 0.0469. The van der Waals surface area contributed by atoms with Gasteiger partial charge in [-0.25, -0.2) is 13.2 Å². The number of nitrogens with one attached hydrogen (secondary N) is 1. The largest absolute Gasteiger partial charge is 0.333 e. The smallest absolute Gasteiger partial charge is 0.244 e. The summed E-state index contributed by atoms with van der Waals surface area (Å²) in [4.78, 5) is 25.7. The lowest BCUT2D eigenvalue weighted by molar-refractivity contribution is -0.140. The van der Waals surface area contributed by atoms with Crippen molar-refractivity contribution in [1.82, 2.24) is 4.90 Å². The topological polar surface area (TPSA) is 49.4 Å². The van der Waals surface area contributed by atoms with Gasteiger partial charge in [-0.05, 0) is 31.4 Å². The molecule has 1 N–H and O–H groups in total. The summed E-state index contributed by atoms with van der Waals surface area (Å²) in [6, 6.07) is 1.68. The summed E-state index contributed by atoms with van der Waals surface area (Å²) in [6.45, 7) is 2.07. The molecule has 126 valence electrons. The third kappa shape index (κ3) is 4.03. The van der Waals surface area contributed by atoms with E-state index in [0.717, 1.165) is 31.4 Å². The Morgan fingerprint density at radius 2 is 1.91 bits per heavy atom. The van der Waals surface area contributed by atoms with E-state index in [1.54, 1.807) is 0 Å². The van der Waals surface area contributed by atoms with Gasteiger partial charge in [0, 0.05) is 12.5 Å². The van der Waals surface area contributed by atoms with Crippen LogP contribution < -0.4 is 5.32 Å². The molecule has 1 aliphatic carbocycles. The summed E-state index contributed by atoms with van der Waals surface area (Å²) in [7, 11) is 0. The van der Waals surface area contributed by atoms with Crippen molar-refractivity contribution in [1.29, 1.82) is 0 Å². The standard InChI is InChI=1S/C16H19F3N2O2/c1-2-8-21(16(23)10-4-3-5-10)9-13(22)20-12-7-6-11(17)14(18)15(12)19/h6-7,10H,2-5,8-9H2,1H3,(H,20,22). The lowest BCUT2D eigenvalue weighted by Gasteiger charge is -2.31. The van der Waals surface area contributed by atoms with Crippen molar-refractivity contribution in [2.45, 2.75) is 32.6 Å². The van der Waals surface area contributed by atoms with Crippen molar-refractivity contribution in [2.75, 3.05) is 18.4 Å². The number of amides is 2. The molecule has 0 heterocycles. The summed E-state index contributed by atoms with van der Waals surface area (Å²) >= 11 is 0. The van der Waals surface area contributed by atoms with E-state index in [1.165, 1.54) is 4.90 Å². The van der Waals surface area contributed by atoms with E-state index in [4.69, 9.17) is 0 Å². The first-order valence-electron chi connectivity index (χ1n) is 7.66. The summed E-state index contributed by atoms with van der Waals surface area (Å²) in [5.41, 5.74) is -0.443. The molecule has 0 aromatic heterocycles. The van der Waals surface area contributed by atoms with Gasteiger partial charge in [-0.3, -0.25) is 9.59 Å². The normalized spacial score (nSPS) is 14.3. The summed E-state index contributed by atoms with van der Waals surface area (Å²) in [5.74, 6) is -5.19. The number of carbonyl (C=O) groups is 2. The van der Waals surface area contributed by atoms with Gasteiger partial charge >= 0.3 is 0 Å². The Balaban J connectivity index is 2.01. The first-order valence-corrected chi connectivity index (χ1v) is 7.66. The molecule has 1 saturated carbocycles. The lowest BCUT2D eigenvalue weighted by Crippen LogP contribution is -2.43. The predicted octanol–water partition coefficient (Wildman–Crippen LogP) is 3.08. The van der Waals surface area contributed by atoms with Crippen LogP contribution in [0.5, 0.6) is 0 Å². The third-order valence-corrected chi connectivity index (χ3v) is 3.90. The van der Waals surface area contributed by atoms with Gasteiger partial charge in [-0.15, -0.1) is 0 Å². The molecule has 1 aromatic rings. The zero-order valence-electron chi connectivity index (χ0n) is 12.9. The molecule has 2 amide bonds. The molecule has 2 rings (SSSR count). The Bertz CT molecular complexity index is 603. The first-order chi connectivity index (χ1) is 10.9. The highest BCUT2D eigenvalue weighted by Crippen LogP contribution is 2.28. The second kappa shape index (κ2) is 7.48. The van der Waals surface area contributed by atoms with E-state index >= 15 is 0 Å². The molecule has 23 heavy (non-hydrogen) atoms. The Labute approximate surface area is 132 Å². The number of nitrogens with zero attached hydrogens (tertiary/aromatic N) is 1. The number of hydrogen-bond acceptors (Lipinski definition) is 2. The highest BCUT2D eigenvalue weighted by Gasteiger charge is 2.30. The van der Waals surface area contributed by atoms with Crippen LogP contribution in [0.4, 0.5) is 18.9 Å². The third-order valence-electron chi connectivity index (χ3n) is 3.90. The van der Waals surface area contributed by atoms with Crippen molar-refractivity contribution >= 4 is 17.5 Å². The molecule has 0 bridgehead atoms. The minimum Gasteiger partial charge on any atom is -0.333 e. The number of benzene rings is 1. The molecule has 0 spiro atoms. The monoisotopic (exact) mass is 328 g/mol. The molecule has 1 aromatic carbocycles. The molecule has 7 heteroatoms. The SMILES string of the molecule is CCCN(CC(=O)Nc1ccc(F)c(F)c1F)C(=O)C1CCC1. The van der Waals surface area contributed by atoms with E-state index in [-0.39, 0.29) is 18.4 Å². The molecule has 0 aliphatic heterocycles. The molecule has 0 radical (unpaired) electrons. The molecular formula is C16H19F3N2O2. The molecule has 0 unspecified atom stereocenters. The summed E-state index contributed by atoms with van der Waals surface area (Å²) in [6.07, 6.45) is 3.32. The van der Waals surface area contributed by atoms with Gasteiger partial charge in [0.25, 0.3) is 0 Å². The number of rotatable bonds is 6. The van der Waals surface area contributed by atoms with Crippen LogP contribution >= 0.6 is 0 Å². The Kier molecular flexibility index (Phi) is 5.63. The zero-order chi connectivity index (χ0) is 17.0. The van der Waals surface area contributed by atoms with Crippen LogP contribution in [0.2, 0.25) is 0 Å². The average molecular weight is 328 g/mol. The van der Waals surface area contributed by atoms with Crippen LogP contribution in [0.3, 0.4) is 0 Å². The molecule has 1 aliphatic rings. The van der Waals surface area contributed by atoms with Crippen LogP contribution in [0.1, 0.15) is 32.6 Å². The van der Waals surface area contributed by atoms with Gasteiger partial charge in [-0.2, -0.15) is 0 Å². The van der Waals surface area contributed by atoms with Gasteiger partial charge in [0.2, 0.25) is 11.8 Å².